The minimum absolute atomic E-state index is 0.0624. The topological polar surface area (TPSA) is 80.3 Å². The van der Waals surface area contributed by atoms with Gasteiger partial charge in [-0.05, 0) is 48.0 Å². The van der Waals surface area contributed by atoms with Crippen molar-refractivity contribution < 1.29 is 27.5 Å². The molecule has 0 saturated carbocycles. The summed E-state index contributed by atoms with van der Waals surface area (Å²) in [7, 11) is 0. The summed E-state index contributed by atoms with van der Waals surface area (Å²) >= 11 is 0. The largest absolute Gasteiger partial charge is 0.489 e. The van der Waals surface area contributed by atoms with Gasteiger partial charge in [-0.1, -0.05) is 18.2 Å². The summed E-state index contributed by atoms with van der Waals surface area (Å²) in [5, 5.41) is 4.78. The average Bonchev–Trinajstić information content (AvgIpc) is 2.78. The quantitative estimate of drug-likeness (QED) is 0.475. The van der Waals surface area contributed by atoms with Gasteiger partial charge in [0.25, 0.3) is 0 Å². The fraction of sp³-hybridized carbons (Fsp3) is 0.125. The maximum atomic E-state index is 13.0. The molecule has 0 atom stereocenters. The zero-order valence-electron chi connectivity index (χ0n) is 17.5. The lowest BCUT2D eigenvalue weighted by Gasteiger charge is -2.14. The second-order valence-electron chi connectivity index (χ2n) is 6.98. The normalized spacial score (nSPS) is 11.3. The number of aromatic nitrogens is 1. The van der Waals surface area contributed by atoms with Crippen LogP contribution >= 0.6 is 0 Å². The summed E-state index contributed by atoms with van der Waals surface area (Å²) < 4.78 is 44.7. The maximum absolute atomic E-state index is 13.0. The first-order valence-electron chi connectivity index (χ1n) is 9.80. The van der Waals surface area contributed by atoms with Gasteiger partial charge in [-0.2, -0.15) is 13.2 Å². The molecule has 2 aromatic carbocycles. The molecule has 0 aliphatic heterocycles. The Labute approximate surface area is 188 Å². The molecule has 0 saturated heterocycles. The molecule has 0 unspecified atom stereocenters. The molecule has 0 aliphatic rings. The van der Waals surface area contributed by atoms with Gasteiger partial charge in [0.2, 0.25) is 11.8 Å². The Morgan fingerprint density at radius 3 is 2.42 bits per heavy atom. The number of nitrogens with one attached hydrogen (secondary N) is 2. The summed E-state index contributed by atoms with van der Waals surface area (Å²) in [4.78, 5) is 27.6. The molecule has 0 radical (unpaired) electrons. The summed E-state index contributed by atoms with van der Waals surface area (Å²) in [6, 6.07) is 13.3. The number of nitrogens with zero attached hydrogens (tertiary/aromatic N) is 1. The van der Waals surface area contributed by atoms with Gasteiger partial charge in [-0.3, -0.25) is 14.6 Å². The predicted octanol–water partition coefficient (Wildman–Crippen LogP) is 5.29. The molecule has 0 aliphatic carbocycles. The fourth-order valence-corrected chi connectivity index (χ4v) is 2.79. The predicted molar refractivity (Wildman–Crippen MR) is 118 cm³/mol. The van der Waals surface area contributed by atoms with E-state index in [-0.39, 0.29) is 11.4 Å². The number of carbonyl (C=O) groups excluding carboxylic acids is 2. The van der Waals surface area contributed by atoms with E-state index in [9.17, 15) is 22.8 Å². The number of hydrogen-bond acceptors (Lipinski definition) is 4. The third kappa shape index (κ3) is 7.20. The van der Waals surface area contributed by atoms with E-state index in [1.165, 1.54) is 19.1 Å². The van der Waals surface area contributed by atoms with Crippen LogP contribution in [-0.2, 0) is 22.4 Å². The van der Waals surface area contributed by atoms with Gasteiger partial charge in [0.1, 0.15) is 12.4 Å². The minimum Gasteiger partial charge on any atom is -0.489 e. The molecular weight excluding hydrogens is 435 g/mol. The van der Waals surface area contributed by atoms with E-state index in [4.69, 9.17) is 4.74 Å². The van der Waals surface area contributed by atoms with Gasteiger partial charge in [0, 0.05) is 31.0 Å². The smallest absolute Gasteiger partial charge is 0.416 e. The molecule has 9 heteroatoms. The number of pyridine rings is 1. The van der Waals surface area contributed by atoms with Crippen LogP contribution in [0.25, 0.3) is 6.08 Å². The lowest BCUT2D eigenvalue weighted by molar-refractivity contribution is -0.137. The first-order chi connectivity index (χ1) is 15.7. The highest BCUT2D eigenvalue weighted by atomic mass is 19.4. The average molecular weight is 455 g/mol. The highest BCUT2D eigenvalue weighted by Crippen LogP contribution is 2.34. The maximum Gasteiger partial charge on any atom is 0.416 e. The number of amides is 2. The van der Waals surface area contributed by atoms with Crippen molar-refractivity contribution in [1.29, 1.82) is 0 Å². The van der Waals surface area contributed by atoms with E-state index in [0.717, 1.165) is 23.8 Å². The fourth-order valence-electron chi connectivity index (χ4n) is 2.79. The van der Waals surface area contributed by atoms with Gasteiger partial charge < -0.3 is 15.4 Å². The van der Waals surface area contributed by atoms with Crippen LogP contribution in [0, 0.1) is 0 Å². The number of alkyl halides is 3. The first-order valence-corrected chi connectivity index (χ1v) is 9.80. The number of rotatable bonds is 7. The highest BCUT2D eigenvalue weighted by molar-refractivity contribution is 6.05. The van der Waals surface area contributed by atoms with Crippen molar-refractivity contribution in [2.45, 2.75) is 19.7 Å². The van der Waals surface area contributed by atoms with Crippen molar-refractivity contribution in [3.05, 3.63) is 89.8 Å². The number of carbonyl (C=O) groups is 2. The van der Waals surface area contributed by atoms with E-state index in [1.807, 2.05) is 12.1 Å². The second-order valence-corrected chi connectivity index (χ2v) is 6.98. The highest BCUT2D eigenvalue weighted by Gasteiger charge is 2.31. The van der Waals surface area contributed by atoms with Crippen LogP contribution in [0.1, 0.15) is 23.6 Å². The van der Waals surface area contributed by atoms with Crippen molar-refractivity contribution in [2.24, 2.45) is 0 Å². The number of benzene rings is 2. The SMILES string of the molecule is CC(=O)Nc1ccc(C(F)(F)F)cc1NC(=O)/C=C/c1ccc(OCc2cccnc2)cc1. The lowest BCUT2D eigenvalue weighted by Crippen LogP contribution is -2.14. The number of hydrogen-bond donors (Lipinski definition) is 2. The molecular formula is C24H20F3N3O3. The monoisotopic (exact) mass is 455 g/mol. The molecule has 2 amide bonds. The van der Waals surface area contributed by atoms with Gasteiger partial charge in [0.15, 0.2) is 0 Å². The zero-order chi connectivity index (χ0) is 23.8. The van der Waals surface area contributed by atoms with Gasteiger partial charge in [-0.15, -0.1) is 0 Å². The van der Waals surface area contributed by atoms with E-state index >= 15 is 0 Å². The van der Waals surface area contributed by atoms with Gasteiger partial charge in [-0.25, -0.2) is 0 Å². The number of anilines is 2. The third-order valence-electron chi connectivity index (χ3n) is 4.35. The molecule has 1 aromatic heterocycles. The van der Waals surface area contributed by atoms with Crippen molar-refractivity contribution in [2.75, 3.05) is 10.6 Å². The van der Waals surface area contributed by atoms with Crippen LogP contribution in [-0.4, -0.2) is 16.8 Å². The second kappa shape index (κ2) is 10.4. The van der Waals surface area contributed by atoms with Crippen LogP contribution in [0.3, 0.4) is 0 Å². The Hall–Kier alpha value is -4.14. The molecule has 6 nitrogen and oxygen atoms in total. The van der Waals surface area contributed by atoms with Crippen molar-refractivity contribution in [3.8, 4) is 5.75 Å². The molecule has 170 valence electrons. The Balaban J connectivity index is 1.65. The Morgan fingerprint density at radius 1 is 1.03 bits per heavy atom. The van der Waals surface area contributed by atoms with E-state index < -0.39 is 23.6 Å². The van der Waals surface area contributed by atoms with Crippen LogP contribution in [0.15, 0.2) is 73.1 Å². The first kappa shape index (κ1) is 23.5. The molecule has 3 aromatic rings. The third-order valence-corrected chi connectivity index (χ3v) is 4.35. The Morgan fingerprint density at radius 2 is 1.79 bits per heavy atom. The summed E-state index contributed by atoms with van der Waals surface area (Å²) in [6.45, 7) is 1.58. The van der Waals surface area contributed by atoms with Crippen molar-refractivity contribution >= 4 is 29.3 Å². The minimum atomic E-state index is -4.59. The summed E-state index contributed by atoms with van der Waals surface area (Å²) in [5.41, 5.74) is 0.565. The summed E-state index contributed by atoms with van der Waals surface area (Å²) in [5.74, 6) is -0.506. The number of halogens is 3. The van der Waals surface area contributed by atoms with Crippen LogP contribution in [0.2, 0.25) is 0 Å². The zero-order valence-corrected chi connectivity index (χ0v) is 17.5. The molecule has 3 rings (SSSR count). The van der Waals surface area contributed by atoms with Crippen LogP contribution in [0.5, 0.6) is 5.75 Å². The van der Waals surface area contributed by atoms with Crippen molar-refractivity contribution in [1.82, 2.24) is 4.98 Å². The molecule has 33 heavy (non-hydrogen) atoms. The molecule has 0 fully saturated rings. The molecule has 0 spiro atoms. The van der Waals surface area contributed by atoms with Gasteiger partial charge >= 0.3 is 6.18 Å². The van der Waals surface area contributed by atoms with Crippen LogP contribution in [0.4, 0.5) is 24.5 Å². The molecule has 2 N–H and O–H groups in total. The summed E-state index contributed by atoms with van der Waals surface area (Å²) in [6.07, 6.45) is 1.48. The van der Waals surface area contributed by atoms with Crippen molar-refractivity contribution in [3.63, 3.8) is 0 Å². The Kier molecular flexibility index (Phi) is 7.45. The van der Waals surface area contributed by atoms with E-state index in [1.54, 1.807) is 36.7 Å². The molecule has 0 bridgehead atoms. The molecule has 1 heterocycles. The van der Waals surface area contributed by atoms with Gasteiger partial charge in [0.05, 0.1) is 16.9 Å². The van der Waals surface area contributed by atoms with E-state index in [2.05, 4.69) is 15.6 Å². The standard InChI is InChI=1S/C24H20F3N3O3/c1-16(31)29-21-10-7-19(24(25,26)27)13-22(21)30-23(32)11-6-17-4-8-20(9-5-17)33-15-18-3-2-12-28-14-18/h2-14H,15H2,1H3,(H,29,31)(H,30,32)/b11-6+. The van der Waals surface area contributed by atoms with Crippen LogP contribution < -0.4 is 15.4 Å². The Bertz CT molecular complexity index is 1150. The van der Waals surface area contributed by atoms with E-state index in [0.29, 0.717) is 17.9 Å². The number of ether oxygens (including phenoxy) is 1. The lowest BCUT2D eigenvalue weighted by atomic mass is 10.1.